The van der Waals surface area contributed by atoms with Gasteiger partial charge in [-0.1, -0.05) is 0 Å². The molecule has 1 unspecified atom stereocenters. The van der Waals surface area contributed by atoms with Gasteiger partial charge in [0, 0.05) is 19.7 Å². The number of piperidine rings is 1. The first-order valence-corrected chi connectivity index (χ1v) is 5.11. The molecule has 0 spiro atoms. The molecule has 0 aromatic rings. The average Bonchev–Trinajstić information content (AvgIpc) is 2.04. The molecule has 0 bridgehead atoms. The van der Waals surface area contributed by atoms with Crippen molar-refractivity contribution in [2.24, 2.45) is 11.3 Å². The number of hydrogen-bond donors (Lipinski definition) is 2. The molecule has 93 valence electrons. The van der Waals surface area contributed by atoms with E-state index in [2.05, 4.69) is 13.3 Å². The third-order valence-corrected chi connectivity index (χ3v) is 2.97. The minimum atomic E-state index is 0. The van der Waals surface area contributed by atoms with Crippen molar-refractivity contribution in [2.45, 2.75) is 32.6 Å². The third kappa shape index (κ3) is 2.98. The summed E-state index contributed by atoms with van der Waals surface area (Å²) >= 11 is 0. The van der Waals surface area contributed by atoms with E-state index in [1.54, 1.807) is 0 Å². The topological polar surface area (TPSA) is 49.5 Å². The predicted molar refractivity (Wildman–Crippen MR) is 53.7 cm³/mol. The smallest absolute Gasteiger partial charge is 0.0435 e. The van der Waals surface area contributed by atoms with Crippen LogP contribution in [0.25, 0.3) is 0 Å². The van der Waals surface area contributed by atoms with Crippen LogP contribution in [0.2, 0.25) is 0 Å². The summed E-state index contributed by atoms with van der Waals surface area (Å²) in [6.45, 7) is 4.28. The largest absolute Gasteiger partial charge is 0.396 e. The van der Waals surface area contributed by atoms with E-state index >= 15 is 0 Å². The van der Waals surface area contributed by atoms with Crippen LogP contribution in [0.4, 0.5) is 0 Å². The number of nitrogens with zero attached hydrogens (tertiary/aromatic N) is 1. The molecule has 0 aliphatic carbocycles. The van der Waals surface area contributed by atoms with Gasteiger partial charge < -0.3 is 11.5 Å². The third-order valence-electron chi connectivity index (χ3n) is 2.97. The second-order valence-electron chi connectivity index (χ2n) is 4.16. The summed E-state index contributed by atoms with van der Waals surface area (Å²) < 4.78 is 0. The molecule has 0 saturated carbocycles. The van der Waals surface area contributed by atoms with Crippen LogP contribution < -0.4 is 5.84 Å². The standard InChI is InChI=1S/C10H21N2O.Lr/c1-2-4-10(6-8-13)5-3-7-12(11)9-10;/h2,13H,3-9,11H2,1H3;/q-1;. The first kappa shape index (κ1) is 12.9. The van der Waals surface area contributed by atoms with Crippen LogP contribution in [0.1, 0.15) is 32.6 Å². The van der Waals surface area contributed by atoms with Gasteiger partial charge >= 0.3 is 0 Å². The fourth-order valence-corrected chi connectivity index (χ4v) is 2.39. The van der Waals surface area contributed by atoms with Gasteiger partial charge in [0.1, 0.15) is 0 Å². The summed E-state index contributed by atoms with van der Waals surface area (Å²) in [5, 5.41) is 10.9. The van der Waals surface area contributed by atoms with Crippen molar-refractivity contribution in [3.8, 4) is 0 Å². The first-order chi connectivity index (χ1) is 6.22. The van der Waals surface area contributed by atoms with E-state index in [1.807, 2.05) is 5.01 Å². The van der Waals surface area contributed by atoms with Crippen molar-refractivity contribution in [1.29, 1.82) is 0 Å². The van der Waals surface area contributed by atoms with Crippen LogP contribution >= 0.6 is 0 Å². The van der Waals surface area contributed by atoms with Crippen molar-refractivity contribution < 1.29 is 5.11 Å². The Morgan fingerprint density at radius 2 is 2.29 bits per heavy atom. The van der Waals surface area contributed by atoms with Gasteiger partial charge in [0.2, 0.25) is 0 Å². The number of rotatable bonds is 4. The summed E-state index contributed by atoms with van der Waals surface area (Å²) in [4.78, 5) is 0. The maximum atomic E-state index is 9.02. The van der Waals surface area contributed by atoms with Crippen LogP contribution in [-0.2, 0) is 0 Å². The Morgan fingerprint density at radius 3 is 2.79 bits per heavy atom. The molecule has 4 heteroatoms. The van der Waals surface area contributed by atoms with Crippen LogP contribution in [0.3, 0.4) is 0 Å². The Morgan fingerprint density at radius 1 is 1.57 bits per heavy atom. The summed E-state index contributed by atoms with van der Waals surface area (Å²) in [5.74, 6) is 5.81. The second kappa shape index (κ2) is 5.58. The summed E-state index contributed by atoms with van der Waals surface area (Å²) in [6.07, 6.45) is 6.50. The quantitative estimate of drug-likeness (QED) is 0.499. The van der Waals surface area contributed by atoms with Gasteiger partial charge in [-0.05, 0) is 24.7 Å². The predicted octanol–water partition coefficient (Wildman–Crippen LogP) is 0.939. The molecule has 1 saturated heterocycles. The monoisotopic (exact) mass is 447 g/mol. The molecule has 0 amide bonds. The zero-order valence-electron chi connectivity index (χ0n) is 8.76. The number of aliphatic hydroxyl groups is 1. The minimum absolute atomic E-state index is 0. The van der Waals surface area contributed by atoms with E-state index in [0.29, 0.717) is 0 Å². The Balaban J connectivity index is 0.00000169. The van der Waals surface area contributed by atoms with E-state index in [9.17, 15) is 0 Å². The van der Waals surface area contributed by atoms with Gasteiger partial charge in [-0.15, -0.1) is 0 Å². The molecule has 3 nitrogen and oxygen atoms in total. The molecular weight excluding hydrogens is 426 g/mol. The maximum absolute atomic E-state index is 9.02. The van der Waals surface area contributed by atoms with Crippen molar-refractivity contribution in [3.63, 3.8) is 0 Å². The molecule has 0 aromatic carbocycles. The maximum Gasteiger partial charge on any atom is 0.0435 e. The van der Waals surface area contributed by atoms with Crippen LogP contribution in [-0.4, -0.2) is 29.8 Å². The Labute approximate surface area is 80.9 Å². The van der Waals surface area contributed by atoms with E-state index in [-0.39, 0.29) is 12.0 Å². The van der Waals surface area contributed by atoms with E-state index in [4.69, 9.17) is 10.9 Å². The Kier molecular flexibility index (Phi) is 5.13. The van der Waals surface area contributed by atoms with Crippen LogP contribution in [0.15, 0.2) is 0 Å². The molecule has 1 atom stereocenters. The van der Waals surface area contributed by atoms with Crippen molar-refractivity contribution in [1.82, 2.24) is 5.01 Å². The minimum Gasteiger partial charge on any atom is -0.396 e. The molecular formula is C10H21LrN2O-. The molecule has 1 heterocycles. The molecule has 3 N–H and O–H groups in total. The normalized spacial score (nSPS) is 28.5. The summed E-state index contributed by atoms with van der Waals surface area (Å²) in [5.41, 5.74) is 0.247. The van der Waals surface area contributed by atoms with Crippen LogP contribution in [0.5, 0.6) is 0 Å². The van der Waals surface area contributed by atoms with E-state index in [1.165, 1.54) is 6.42 Å². The Bertz CT molecular complexity index is 144. The van der Waals surface area contributed by atoms with Crippen molar-refractivity contribution >= 4 is 0 Å². The first-order valence-electron chi connectivity index (χ1n) is 5.11. The summed E-state index contributed by atoms with van der Waals surface area (Å²) in [6, 6.07) is 0. The molecule has 1 aliphatic rings. The summed E-state index contributed by atoms with van der Waals surface area (Å²) in [7, 11) is 0. The number of nitrogens with two attached hydrogens (primary N) is 1. The fraction of sp³-hybridized carbons (Fsp3) is 0.900. The Hall–Kier alpha value is -1.12. The molecule has 14 heavy (non-hydrogen) atoms. The molecule has 1 fully saturated rings. The zero-order chi connectivity index (χ0) is 9.73. The van der Waals surface area contributed by atoms with Gasteiger partial charge in [-0.3, -0.25) is 5.84 Å². The average molecular weight is 447 g/mol. The van der Waals surface area contributed by atoms with Crippen molar-refractivity contribution in [3.05, 3.63) is 6.42 Å². The zero-order valence-corrected chi connectivity index (χ0v) is 10.9. The van der Waals surface area contributed by atoms with Gasteiger partial charge in [0.15, 0.2) is 0 Å². The number of aliphatic hydroxyl groups excluding tert-OH is 1. The number of hydrazine groups is 1. The van der Waals surface area contributed by atoms with E-state index < -0.39 is 0 Å². The molecule has 0 aromatic heterocycles. The SMILES string of the molecule is C[CH-]CC1(CCO)CCCN(N)C1.[Lr]. The van der Waals surface area contributed by atoms with Crippen LogP contribution in [0, 0.1) is 11.8 Å². The van der Waals surface area contributed by atoms with Gasteiger partial charge in [0.05, 0.1) is 0 Å². The number of hydrogen-bond acceptors (Lipinski definition) is 3. The molecule has 1 rings (SSSR count). The van der Waals surface area contributed by atoms with Gasteiger partial charge in [0.25, 0.3) is 0 Å². The molecule has 1 aliphatic heterocycles. The fourth-order valence-electron chi connectivity index (χ4n) is 2.39. The van der Waals surface area contributed by atoms with Gasteiger partial charge in [-0.2, -0.15) is 13.3 Å². The van der Waals surface area contributed by atoms with E-state index in [0.717, 1.165) is 32.4 Å². The second-order valence-corrected chi connectivity index (χ2v) is 4.16. The molecule has 1 radical (unpaired) electrons. The van der Waals surface area contributed by atoms with Crippen molar-refractivity contribution in [2.75, 3.05) is 19.7 Å². The van der Waals surface area contributed by atoms with Gasteiger partial charge in [-0.25, -0.2) is 5.01 Å².